The van der Waals surface area contributed by atoms with Crippen LogP contribution in [0.3, 0.4) is 0 Å². The van der Waals surface area contributed by atoms with E-state index in [1.807, 2.05) is 35.9 Å². The first kappa shape index (κ1) is 22.5. The molecule has 0 bridgehead atoms. The Balaban J connectivity index is 0.00000169. The highest BCUT2D eigenvalue weighted by molar-refractivity contribution is 5.85. The van der Waals surface area contributed by atoms with Gasteiger partial charge in [-0.2, -0.15) is 13.2 Å². The lowest BCUT2D eigenvalue weighted by atomic mass is 9.94. The number of alkyl halides is 3. The number of rotatable bonds is 3. The highest BCUT2D eigenvalue weighted by Gasteiger charge is 2.50. The Hall–Kier alpha value is -1.51. The number of imidazole rings is 1. The standard InChI is InChI=1S/C16H19F3N4O.2ClH/c1-22(15(24)10-7-20-8-11(10)16(17,18)19)9-14-21-12-5-3-4-6-13(12)23(14)2;;/h3-6,10-11,20H,7-9H2,1-2H3;2*1H/t10-,11-;;/m1../s1. The molecule has 1 fully saturated rings. The summed E-state index contributed by atoms with van der Waals surface area (Å²) in [5.41, 5.74) is 1.72. The van der Waals surface area contributed by atoms with Gasteiger partial charge in [0.2, 0.25) is 5.91 Å². The Labute approximate surface area is 161 Å². The summed E-state index contributed by atoms with van der Waals surface area (Å²) in [4.78, 5) is 18.3. The van der Waals surface area contributed by atoms with Crippen LogP contribution in [0, 0.1) is 11.8 Å². The van der Waals surface area contributed by atoms with Crippen LogP contribution in [-0.4, -0.2) is 46.7 Å². The first-order valence-corrected chi connectivity index (χ1v) is 7.71. The van der Waals surface area contributed by atoms with Gasteiger partial charge < -0.3 is 14.8 Å². The average Bonchev–Trinajstić information content (AvgIpc) is 3.13. The molecule has 1 aromatic heterocycles. The van der Waals surface area contributed by atoms with Crippen molar-refractivity contribution in [1.82, 2.24) is 19.8 Å². The maximum absolute atomic E-state index is 13.0. The topological polar surface area (TPSA) is 50.2 Å². The zero-order valence-corrected chi connectivity index (χ0v) is 15.9. The number of carbonyl (C=O) groups excluding carboxylic acids is 1. The molecule has 2 atom stereocenters. The van der Waals surface area contributed by atoms with E-state index in [0.29, 0.717) is 5.82 Å². The summed E-state index contributed by atoms with van der Waals surface area (Å²) in [6, 6.07) is 7.53. The van der Waals surface area contributed by atoms with Crippen molar-refractivity contribution in [2.24, 2.45) is 18.9 Å². The monoisotopic (exact) mass is 412 g/mol. The van der Waals surface area contributed by atoms with Gasteiger partial charge in [0.15, 0.2) is 0 Å². The van der Waals surface area contributed by atoms with E-state index in [2.05, 4.69) is 10.3 Å². The molecule has 0 saturated carbocycles. The fourth-order valence-electron chi connectivity index (χ4n) is 3.19. The van der Waals surface area contributed by atoms with Gasteiger partial charge in [0.25, 0.3) is 0 Å². The van der Waals surface area contributed by atoms with Crippen molar-refractivity contribution in [3.8, 4) is 0 Å². The third-order valence-electron chi connectivity index (χ3n) is 4.59. The molecule has 10 heteroatoms. The molecule has 2 aromatic rings. The molecule has 1 aliphatic rings. The lowest BCUT2D eigenvalue weighted by Gasteiger charge is -2.25. The first-order chi connectivity index (χ1) is 11.3. The number of para-hydroxylation sites is 2. The molecular formula is C16H21Cl2F3N4O. The number of aromatic nitrogens is 2. The third kappa shape index (κ3) is 4.24. The number of benzene rings is 1. The van der Waals surface area contributed by atoms with Crippen molar-refractivity contribution < 1.29 is 18.0 Å². The van der Waals surface area contributed by atoms with Crippen LogP contribution < -0.4 is 5.32 Å². The molecule has 1 saturated heterocycles. The molecule has 1 N–H and O–H groups in total. The van der Waals surface area contributed by atoms with E-state index < -0.39 is 23.9 Å². The average molecular weight is 413 g/mol. The van der Waals surface area contributed by atoms with Crippen LogP contribution >= 0.6 is 24.8 Å². The smallest absolute Gasteiger partial charge is 0.338 e. The summed E-state index contributed by atoms with van der Waals surface area (Å²) < 4.78 is 41.0. The van der Waals surface area contributed by atoms with Gasteiger partial charge in [-0.25, -0.2) is 4.98 Å². The van der Waals surface area contributed by atoms with Crippen LogP contribution in [0.1, 0.15) is 5.82 Å². The molecule has 5 nitrogen and oxygen atoms in total. The van der Waals surface area contributed by atoms with E-state index in [4.69, 9.17) is 0 Å². The highest BCUT2D eigenvalue weighted by atomic mass is 35.5. The molecular weight excluding hydrogens is 392 g/mol. The molecule has 1 amide bonds. The summed E-state index contributed by atoms with van der Waals surface area (Å²) in [5.74, 6) is -2.58. The zero-order chi connectivity index (χ0) is 17.5. The van der Waals surface area contributed by atoms with Crippen molar-refractivity contribution in [3.05, 3.63) is 30.1 Å². The second-order valence-electron chi connectivity index (χ2n) is 6.18. The minimum absolute atomic E-state index is 0. The molecule has 1 aromatic carbocycles. The van der Waals surface area contributed by atoms with E-state index >= 15 is 0 Å². The van der Waals surface area contributed by atoms with E-state index in [-0.39, 0.29) is 44.4 Å². The lowest BCUT2D eigenvalue weighted by molar-refractivity contribution is -0.185. The Bertz CT molecular complexity index is 766. The number of halogens is 5. The third-order valence-corrected chi connectivity index (χ3v) is 4.59. The fraction of sp³-hybridized carbons (Fsp3) is 0.500. The maximum Gasteiger partial charge on any atom is 0.393 e. The fourth-order valence-corrected chi connectivity index (χ4v) is 3.19. The number of amides is 1. The minimum atomic E-state index is -4.37. The van der Waals surface area contributed by atoms with Gasteiger partial charge in [0.05, 0.1) is 29.4 Å². The van der Waals surface area contributed by atoms with Crippen molar-refractivity contribution in [2.75, 3.05) is 20.1 Å². The van der Waals surface area contributed by atoms with Crippen LogP contribution in [0.4, 0.5) is 13.2 Å². The molecule has 2 heterocycles. The van der Waals surface area contributed by atoms with Crippen LogP contribution in [0.5, 0.6) is 0 Å². The number of carbonyl (C=O) groups is 1. The molecule has 0 unspecified atom stereocenters. The number of hydrogen-bond acceptors (Lipinski definition) is 3. The molecule has 0 radical (unpaired) electrons. The number of hydrogen-bond donors (Lipinski definition) is 1. The Morgan fingerprint density at radius 2 is 1.96 bits per heavy atom. The predicted octanol–water partition coefficient (Wildman–Crippen LogP) is 2.77. The normalized spacial score (nSPS) is 19.7. The van der Waals surface area contributed by atoms with Crippen molar-refractivity contribution in [2.45, 2.75) is 12.7 Å². The van der Waals surface area contributed by atoms with E-state index in [9.17, 15) is 18.0 Å². The number of nitrogens with zero attached hydrogens (tertiary/aromatic N) is 3. The molecule has 3 rings (SSSR count). The Morgan fingerprint density at radius 3 is 2.58 bits per heavy atom. The zero-order valence-electron chi connectivity index (χ0n) is 14.3. The summed E-state index contributed by atoms with van der Waals surface area (Å²) in [5, 5.41) is 2.67. The van der Waals surface area contributed by atoms with Crippen LogP contribution in [0.25, 0.3) is 11.0 Å². The molecule has 1 aliphatic heterocycles. The van der Waals surface area contributed by atoms with Gasteiger partial charge in [0, 0.05) is 27.2 Å². The Kier molecular flexibility index (Phi) is 7.33. The minimum Gasteiger partial charge on any atom is -0.338 e. The van der Waals surface area contributed by atoms with Crippen LogP contribution in [-0.2, 0) is 18.4 Å². The molecule has 26 heavy (non-hydrogen) atoms. The van der Waals surface area contributed by atoms with Gasteiger partial charge >= 0.3 is 6.18 Å². The molecule has 0 spiro atoms. The van der Waals surface area contributed by atoms with E-state index in [0.717, 1.165) is 11.0 Å². The summed E-state index contributed by atoms with van der Waals surface area (Å²) in [6.45, 7) is 0.0149. The SMILES string of the molecule is CN(Cc1nc2ccccc2n1C)C(=O)[C@@H]1CNC[C@H]1C(F)(F)F.Cl.Cl. The largest absolute Gasteiger partial charge is 0.393 e. The second-order valence-corrected chi connectivity index (χ2v) is 6.18. The van der Waals surface area contributed by atoms with Crippen LogP contribution in [0.15, 0.2) is 24.3 Å². The van der Waals surface area contributed by atoms with Crippen molar-refractivity contribution >= 4 is 41.8 Å². The number of nitrogens with one attached hydrogen (secondary N) is 1. The second kappa shape index (κ2) is 8.45. The van der Waals surface area contributed by atoms with Gasteiger partial charge in [0.1, 0.15) is 5.82 Å². The van der Waals surface area contributed by atoms with Crippen LogP contribution in [0.2, 0.25) is 0 Å². The highest BCUT2D eigenvalue weighted by Crippen LogP contribution is 2.35. The van der Waals surface area contributed by atoms with Crippen molar-refractivity contribution in [3.63, 3.8) is 0 Å². The maximum atomic E-state index is 13.0. The predicted molar refractivity (Wildman–Crippen MR) is 97.6 cm³/mol. The van der Waals surface area contributed by atoms with E-state index in [1.165, 1.54) is 11.9 Å². The molecule has 146 valence electrons. The molecule has 0 aliphatic carbocycles. The number of aryl methyl sites for hydroxylation is 1. The lowest BCUT2D eigenvalue weighted by Crippen LogP contribution is -2.41. The van der Waals surface area contributed by atoms with Gasteiger partial charge in [-0.05, 0) is 12.1 Å². The quantitative estimate of drug-likeness (QED) is 0.842. The summed E-state index contributed by atoms with van der Waals surface area (Å²) >= 11 is 0. The van der Waals surface area contributed by atoms with Crippen molar-refractivity contribution in [1.29, 1.82) is 0 Å². The van der Waals surface area contributed by atoms with Gasteiger partial charge in [-0.15, -0.1) is 24.8 Å². The van der Waals surface area contributed by atoms with Gasteiger partial charge in [-0.3, -0.25) is 4.79 Å². The first-order valence-electron chi connectivity index (χ1n) is 7.71. The van der Waals surface area contributed by atoms with E-state index in [1.54, 1.807) is 0 Å². The number of fused-ring (bicyclic) bond motifs is 1. The van der Waals surface area contributed by atoms with Gasteiger partial charge in [-0.1, -0.05) is 12.1 Å². The summed E-state index contributed by atoms with van der Waals surface area (Å²) in [7, 11) is 3.35. The summed E-state index contributed by atoms with van der Waals surface area (Å²) in [6.07, 6.45) is -4.37. The Morgan fingerprint density at radius 1 is 1.31 bits per heavy atom.